The maximum Gasteiger partial charge on any atom is 0.296 e. The van der Waals surface area contributed by atoms with Crippen LogP contribution in [-0.2, 0) is 14.3 Å². The maximum atomic E-state index is 11.6. The van der Waals surface area contributed by atoms with E-state index in [4.69, 9.17) is 4.18 Å². The number of benzene rings is 1. The molecule has 5 heteroatoms. The molecule has 0 aliphatic rings. The third-order valence-electron chi connectivity index (χ3n) is 2.27. The summed E-state index contributed by atoms with van der Waals surface area (Å²) in [5.74, 6) is 0. The molecule has 0 atom stereocenters. The van der Waals surface area contributed by atoms with Gasteiger partial charge in [-0.25, -0.2) is 0 Å². The fourth-order valence-corrected chi connectivity index (χ4v) is 2.32. The van der Waals surface area contributed by atoms with Crippen molar-refractivity contribution in [3.8, 4) is 0 Å². The van der Waals surface area contributed by atoms with Crippen molar-refractivity contribution >= 4 is 33.2 Å². The molecule has 1 aromatic rings. The van der Waals surface area contributed by atoms with Gasteiger partial charge in [-0.05, 0) is 18.6 Å². The lowest BCUT2D eigenvalue weighted by Gasteiger charge is -2.04. The summed E-state index contributed by atoms with van der Waals surface area (Å²) in [7, 11) is -3.55. The van der Waals surface area contributed by atoms with Crippen molar-refractivity contribution in [1.82, 2.24) is 0 Å². The zero-order valence-electron chi connectivity index (χ0n) is 10.3. The summed E-state index contributed by atoms with van der Waals surface area (Å²) in [6, 6.07) is 8.24. The molecule has 0 amide bonds. The van der Waals surface area contributed by atoms with Gasteiger partial charge in [-0.15, -0.1) is 0 Å². The standard InChI is InChI=1S/C12H18O3S.Mg/c1-2-3-4-8-11-15-16(13,14)12-9-6-5-7-10-12;/h5-7,9-10H,2-4,8,11H2,1H3;. The fraction of sp³-hybridized carbons (Fsp3) is 0.500. The average Bonchev–Trinajstić information content (AvgIpc) is 2.30. The van der Waals surface area contributed by atoms with Crippen LogP contribution in [0.1, 0.15) is 32.6 Å². The molecule has 0 bridgehead atoms. The van der Waals surface area contributed by atoms with E-state index in [0.717, 1.165) is 25.7 Å². The largest absolute Gasteiger partial charge is 0.296 e. The summed E-state index contributed by atoms with van der Waals surface area (Å²) in [5, 5.41) is 0. The van der Waals surface area contributed by atoms with Crippen LogP contribution in [0.15, 0.2) is 35.2 Å². The summed E-state index contributed by atoms with van der Waals surface area (Å²) < 4.78 is 28.2. The lowest BCUT2D eigenvalue weighted by atomic mass is 10.2. The van der Waals surface area contributed by atoms with Crippen LogP contribution in [0.25, 0.3) is 0 Å². The lowest BCUT2D eigenvalue weighted by molar-refractivity contribution is 0.307. The zero-order chi connectivity index (χ0) is 11.9. The molecule has 0 N–H and O–H groups in total. The molecule has 0 unspecified atom stereocenters. The van der Waals surface area contributed by atoms with Crippen LogP contribution in [0, 0.1) is 0 Å². The predicted octanol–water partition coefficient (Wildman–Crippen LogP) is 2.59. The van der Waals surface area contributed by atoms with Gasteiger partial charge in [0, 0.05) is 23.1 Å². The highest BCUT2D eigenvalue weighted by Gasteiger charge is 2.13. The SMILES string of the molecule is CCCCCCOS(=O)(=O)c1ccccc1.[Mg]. The Morgan fingerprint density at radius 2 is 1.71 bits per heavy atom. The lowest BCUT2D eigenvalue weighted by Crippen LogP contribution is -2.07. The highest BCUT2D eigenvalue weighted by Crippen LogP contribution is 2.12. The molecule has 0 aliphatic heterocycles. The Kier molecular flexibility index (Phi) is 8.86. The van der Waals surface area contributed by atoms with Gasteiger partial charge in [0.05, 0.1) is 11.5 Å². The second-order valence-corrected chi connectivity index (χ2v) is 5.27. The number of hydrogen-bond acceptors (Lipinski definition) is 3. The number of unbranched alkanes of at least 4 members (excludes halogenated alkanes) is 3. The van der Waals surface area contributed by atoms with E-state index >= 15 is 0 Å². The second-order valence-electron chi connectivity index (χ2n) is 3.65. The van der Waals surface area contributed by atoms with Gasteiger partial charge in [-0.1, -0.05) is 44.4 Å². The quantitative estimate of drug-likeness (QED) is 0.433. The van der Waals surface area contributed by atoms with Crippen molar-refractivity contribution in [1.29, 1.82) is 0 Å². The molecular formula is C12H18MgO3S. The van der Waals surface area contributed by atoms with Crippen LogP contribution in [0.3, 0.4) is 0 Å². The van der Waals surface area contributed by atoms with Crippen molar-refractivity contribution in [2.45, 2.75) is 37.5 Å². The molecule has 1 aromatic carbocycles. The monoisotopic (exact) mass is 266 g/mol. The van der Waals surface area contributed by atoms with Gasteiger partial charge in [0.15, 0.2) is 0 Å². The fourth-order valence-electron chi connectivity index (χ4n) is 1.35. The van der Waals surface area contributed by atoms with Gasteiger partial charge < -0.3 is 0 Å². The van der Waals surface area contributed by atoms with E-state index in [9.17, 15) is 8.42 Å². The molecule has 0 saturated carbocycles. The molecule has 17 heavy (non-hydrogen) atoms. The summed E-state index contributed by atoms with van der Waals surface area (Å²) in [6.45, 7) is 2.39. The average molecular weight is 267 g/mol. The zero-order valence-corrected chi connectivity index (χ0v) is 12.5. The normalized spacial score (nSPS) is 10.9. The van der Waals surface area contributed by atoms with E-state index in [-0.39, 0.29) is 34.6 Å². The van der Waals surface area contributed by atoms with E-state index in [1.54, 1.807) is 30.3 Å². The minimum absolute atomic E-state index is 0. The van der Waals surface area contributed by atoms with Crippen molar-refractivity contribution in [2.75, 3.05) is 6.61 Å². The third-order valence-corrected chi connectivity index (χ3v) is 3.59. The second kappa shape index (κ2) is 8.91. The Labute approximate surface area is 120 Å². The first-order valence-electron chi connectivity index (χ1n) is 5.61. The van der Waals surface area contributed by atoms with Gasteiger partial charge in [0.25, 0.3) is 10.1 Å². The van der Waals surface area contributed by atoms with Crippen LogP contribution in [0.4, 0.5) is 0 Å². The van der Waals surface area contributed by atoms with Crippen LogP contribution < -0.4 is 0 Å². The minimum Gasteiger partial charge on any atom is -0.266 e. The van der Waals surface area contributed by atoms with E-state index in [0.29, 0.717) is 0 Å². The predicted molar refractivity (Wildman–Crippen MR) is 69.5 cm³/mol. The summed E-state index contributed by atoms with van der Waals surface area (Å²) in [5.41, 5.74) is 0. The van der Waals surface area contributed by atoms with E-state index in [1.807, 2.05) is 0 Å². The molecule has 2 radical (unpaired) electrons. The van der Waals surface area contributed by atoms with Crippen LogP contribution in [0.5, 0.6) is 0 Å². The molecule has 0 aromatic heterocycles. The molecule has 0 aliphatic carbocycles. The first-order valence-corrected chi connectivity index (χ1v) is 7.02. The summed E-state index contributed by atoms with van der Waals surface area (Å²) >= 11 is 0. The molecule has 0 saturated heterocycles. The van der Waals surface area contributed by atoms with Crippen molar-refractivity contribution in [3.05, 3.63) is 30.3 Å². The number of hydrogen-bond donors (Lipinski definition) is 0. The van der Waals surface area contributed by atoms with Crippen molar-refractivity contribution < 1.29 is 12.6 Å². The van der Waals surface area contributed by atoms with Crippen LogP contribution in [-0.4, -0.2) is 38.1 Å². The Balaban J connectivity index is 0.00000256. The minimum atomic E-state index is -3.55. The molecule has 0 fully saturated rings. The highest BCUT2D eigenvalue weighted by atomic mass is 32.2. The van der Waals surface area contributed by atoms with Crippen molar-refractivity contribution in [2.24, 2.45) is 0 Å². The van der Waals surface area contributed by atoms with Gasteiger partial charge >= 0.3 is 0 Å². The Bertz CT molecular complexity index is 389. The van der Waals surface area contributed by atoms with Gasteiger partial charge in [0.2, 0.25) is 0 Å². The van der Waals surface area contributed by atoms with Gasteiger partial charge in [-0.3, -0.25) is 4.18 Å². The first-order chi connectivity index (χ1) is 7.67. The first kappa shape index (κ1) is 16.9. The Hall–Kier alpha value is -0.104. The molecular weight excluding hydrogens is 249 g/mol. The van der Waals surface area contributed by atoms with E-state index in [1.165, 1.54) is 0 Å². The number of rotatable bonds is 7. The van der Waals surface area contributed by atoms with Crippen LogP contribution in [0.2, 0.25) is 0 Å². The Morgan fingerprint density at radius 1 is 1.06 bits per heavy atom. The van der Waals surface area contributed by atoms with E-state index < -0.39 is 10.1 Å². The summed E-state index contributed by atoms with van der Waals surface area (Å²) in [6.07, 6.45) is 4.06. The van der Waals surface area contributed by atoms with Gasteiger partial charge in [0.1, 0.15) is 0 Å². The van der Waals surface area contributed by atoms with E-state index in [2.05, 4.69) is 6.92 Å². The smallest absolute Gasteiger partial charge is 0.266 e. The third kappa shape index (κ3) is 6.40. The van der Waals surface area contributed by atoms with Crippen molar-refractivity contribution in [3.63, 3.8) is 0 Å². The molecule has 0 spiro atoms. The molecule has 3 nitrogen and oxygen atoms in total. The molecule has 1 rings (SSSR count). The summed E-state index contributed by atoms with van der Waals surface area (Å²) in [4.78, 5) is 0.227. The molecule has 0 heterocycles. The molecule has 92 valence electrons. The maximum absolute atomic E-state index is 11.6. The van der Waals surface area contributed by atoms with Gasteiger partial charge in [-0.2, -0.15) is 8.42 Å². The van der Waals surface area contributed by atoms with Crippen LogP contribution >= 0.6 is 0 Å². The highest BCUT2D eigenvalue weighted by molar-refractivity contribution is 7.86. The topological polar surface area (TPSA) is 43.4 Å². The Morgan fingerprint density at radius 3 is 2.29 bits per heavy atom.